The number of amides is 1. The van der Waals surface area contributed by atoms with E-state index in [1.807, 2.05) is 11.8 Å². The van der Waals surface area contributed by atoms with Crippen LogP contribution in [0.4, 0.5) is 0 Å². The van der Waals surface area contributed by atoms with Gasteiger partial charge >= 0.3 is 0 Å². The zero-order valence-electron chi connectivity index (χ0n) is 12.7. The van der Waals surface area contributed by atoms with Crippen molar-refractivity contribution in [2.45, 2.75) is 42.9 Å². The number of hydrogen-bond donors (Lipinski definition) is 1. The Hall–Kier alpha value is -0.260. The Balaban J connectivity index is 1.39. The van der Waals surface area contributed by atoms with E-state index in [0.717, 1.165) is 44.1 Å². The van der Waals surface area contributed by atoms with Gasteiger partial charge in [-0.3, -0.25) is 9.69 Å². The quantitative estimate of drug-likeness (QED) is 0.847. The topological polar surface area (TPSA) is 43.8 Å². The number of aliphatic hydroxyl groups is 1. The number of likely N-dealkylation sites (tertiary alicyclic amines) is 2. The van der Waals surface area contributed by atoms with E-state index in [1.54, 1.807) is 0 Å². The summed E-state index contributed by atoms with van der Waals surface area (Å²) in [5, 5.41) is 9.75. The lowest BCUT2D eigenvalue weighted by molar-refractivity contribution is -0.143. The molecule has 0 radical (unpaired) electrons. The molecule has 4 nitrogen and oxygen atoms in total. The Morgan fingerprint density at radius 2 is 2.05 bits per heavy atom. The Morgan fingerprint density at radius 1 is 1.24 bits per heavy atom. The molecule has 0 aromatic heterocycles. The van der Waals surface area contributed by atoms with Crippen LogP contribution in [0.25, 0.3) is 0 Å². The van der Waals surface area contributed by atoms with E-state index in [2.05, 4.69) is 9.80 Å². The second-order valence-electron chi connectivity index (χ2n) is 7.52. The molecule has 4 aliphatic rings. The van der Waals surface area contributed by atoms with E-state index in [1.165, 1.54) is 25.8 Å². The summed E-state index contributed by atoms with van der Waals surface area (Å²) in [4.78, 5) is 17.2. The molecule has 1 N–H and O–H groups in total. The third-order valence-corrected chi connectivity index (χ3v) is 7.10. The van der Waals surface area contributed by atoms with Crippen LogP contribution in [0.5, 0.6) is 0 Å². The van der Waals surface area contributed by atoms with Crippen LogP contribution in [0.3, 0.4) is 0 Å². The van der Waals surface area contributed by atoms with Gasteiger partial charge in [0.2, 0.25) is 5.91 Å². The first-order valence-corrected chi connectivity index (χ1v) is 9.51. The van der Waals surface area contributed by atoms with E-state index in [0.29, 0.717) is 18.4 Å². The maximum atomic E-state index is 12.5. The molecule has 1 saturated carbocycles. The molecule has 2 atom stereocenters. The molecular weight excluding hydrogens is 284 g/mol. The Labute approximate surface area is 131 Å². The van der Waals surface area contributed by atoms with Gasteiger partial charge < -0.3 is 10.0 Å². The van der Waals surface area contributed by atoms with Gasteiger partial charge in [-0.25, -0.2) is 0 Å². The average Bonchev–Trinajstić information content (AvgIpc) is 2.98. The van der Waals surface area contributed by atoms with E-state index >= 15 is 0 Å². The third-order valence-electron chi connectivity index (χ3n) is 5.74. The SMILES string of the molecule is O=C(C1CCCS1)N1CC2(CC(CO)CN2CC2CC2)C1. The first-order chi connectivity index (χ1) is 10.2. The predicted octanol–water partition coefficient (Wildman–Crippen LogP) is 1.19. The molecule has 118 valence electrons. The number of rotatable bonds is 4. The van der Waals surface area contributed by atoms with Gasteiger partial charge in [-0.15, -0.1) is 11.8 Å². The fraction of sp³-hybridized carbons (Fsp3) is 0.938. The molecular formula is C16H26N2O2S. The van der Waals surface area contributed by atoms with Gasteiger partial charge in [-0.2, -0.15) is 0 Å². The lowest BCUT2D eigenvalue weighted by Crippen LogP contribution is -2.70. The van der Waals surface area contributed by atoms with Crippen LogP contribution in [0.2, 0.25) is 0 Å². The highest BCUT2D eigenvalue weighted by Crippen LogP contribution is 2.44. The van der Waals surface area contributed by atoms with Gasteiger partial charge in [-0.1, -0.05) is 0 Å². The summed E-state index contributed by atoms with van der Waals surface area (Å²) in [6, 6.07) is 0. The lowest BCUT2D eigenvalue weighted by Gasteiger charge is -2.53. The minimum Gasteiger partial charge on any atom is -0.396 e. The van der Waals surface area contributed by atoms with Crippen molar-refractivity contribution in [3.8, 4) is 0 Å². The van der Waals surface area contributed by atoms with Crippen molar-refractivity contribution in [2.75, 3.05) is 38.5 Å². The highest BCUT2D eigenvalue weighted by atomic mass is 32.2. The Bertz CT molecular complexity index is 415. The number of aliphatic hydroxyl groups excluding tert-OH is 1. The fourth-order valence-electron chi connectivity index (χ4n) is 4.36. The Kier molecular flexibility index (Phi) is 3.71. The number of carbonyl (C=O) groups excluding carboxylic acids is 1. The standard InChI is InChI=1S/C16H26N2O2S/c19-9-13-6-16(18(8-13)7-12-3-4-12)10-17(11-16)15(20)14-2-1-5-21-14/h12-14,19H,1-11H2. The number of nitrogens with zero attached hydrogens (tertiary/aromatic N) is 2. The van der Waals surface area contributed by atoms with Crippen molar-refractivity contribution in [3.05, 3.63) is 0 Å². The number of carbonyl (C=O) groups is 1. The molecule has 0 bridgehead atoms. The summed E-state index contributed by atoms with van der Waals surface area (Å²) in [6.45, 7) is 4.34. The molecule has 3 saturated heterocycles. The average molecular weight is 310 g/mol. The molecule has 21 heavy (non-hydrogen) atoms. The summed E-state index contributed by atoms with van der Waals surface area (Å²) < 4.78 is 0. The van der Waals surface area contributed by atoms with Crippen molar-refractivity contribution < 1.29 is 9.90 Å². The third kappa shape index (κ3) is 2.62. The molecule has 1 aliphatic carbocycles. The van der Waals surface area contributed by atoms with Gasteiger partial charge in [0.1, 0.15) is 0 Å². The second kappa shape index (κ2) is 5.43. The van der Waals surface area contributed by atoms with Crippen LogP contribution >= 0.6 is 11.8 Å². The summed E-state index contributed by atoms with van der Waals surface area (Å²) in [5.41, 5.74) is 0.203. The van der Waals surface area contributed by atoms with Crippen LogP contribution < -0.4 is 0 Å². The minimum atomic E-state index is 0.203. The minimum absolute atomic E-state index is 0.203. The largest absolute Gasteiger partial charge is 0.396 e. The molecule has 1 spiro atoms. The molecule has 0 aromatic carbocycles. The maximum Gasteiger partial charge on any atom is 0.235 e. The number of thioether (sulfide) groups is 1. The van der Waals surface area contributed by atoms with Gasteiger partial charge in [0.05, 0.1) is 10.8 Å². The summed E-state index contributed by atoms with van der Waals surface area (Å²) in [7, 11) is 0. The maximum absolute atomic E-state index is 12.5. The smallest absolute Gasteiger partial charge is 0.235 e. The second-order valence-corrected chi connectivity index (χ2v) is 8.83. The zero-order chi connectivity index (χ0) is 14.4. The molecule has 2 unspecified atom stereocenters. The zero-order valence-corrected chi connectivity index (χ0v) is 13.5. The van der Waals surface area contributed by atoms with Crippen LogP contribution in [0.15, 0.2) is 0 Å². The van der Waals surface area contributed by atoms with E-state index < -0.39 is 0 Å². The number of hydrogen-bond acceptors (Lipinski definition) is 4. The van der Waals surface area contributed by atoms with Crippen LogP contribution in [-0.4, -0.2) is 70.1 Å². The molecule has 5 heteroatoms. The summed E-state index contributed by atoms with van der Waals surface area (Å²) in [6.07, 6.45) is 6.09. The summed E-state index contributed by atoms with van der Waals surface area (Å²) in [5.74, 6) is 2.83. The first-order valence-electron chi connectivity index (χ1n) is 8.46. The van der Waals surface area contributed by atoms with Crippen molar-refractivity contribution in [3.63, 3.8) is 0 Å². The van der Waals surface area contributed by atoms with Gasteiger partial charge in [0.25, 0.3) is 0 Å². The Morgan fingerprint density at radius 3 is 2.67 bits per heavy atom. The van der Waals surface area contributed by atoms with Crippen molar-refractivity contribution in [1.29, 1.82) is 0 Å². The molecule has 4 fully saturated rings. The van der Waals surface area contributed by atoms with E-state index in [9.17, 15) is 9.90 Å². The molecule has 3 heterocycles. The van der Waals surface area contributed by atoms with Crippen molar-refractivity contribution in [2.24, 2.45) is 11.8 Å². The van der Waals surface area contributed by atoms with Crippen molar-refractivity contribution >= 4 is 17.7 Å². The van der Waals surface area contributed by atoms with Crippen molar-refractivity contribution in [1.82, 2.24) is 9.80 Å². The van der Waals surface area contributed by atoms with Gasteiger partial charge in [0.15, 0.2) is 0 Å². The van der Waals surface area contributed by atoms with E-state index in [4.69, 9.17) is 0 Å². The monoisotopic (exact) mass is 310 g/mol. The van der Waals surface area contributed by atoms with Gasteiger partial charge in [-0.05, 0) is 49.7 Å². The van der Waals surface area contributed by atoms with E-state index in [-0.39, 0.29) is 10.8 Å². The first kappa shape index (κ1) is 14.3. The molecule has 0 aromatic rings. The lowest BCUT2D eigenvalue weighted by atomic mass is 9.84. The van der Waals surface area contributed by atoms with Crippen LogP contribution in [0.1, 0.15) is 32.1 Å². The van der Waals surface area contributed by atoms with Gasteiger partial charge in [0, 0.05) is 32.8 Å². The van der Waals surface area contributed by atoms with Crippen LogP contribution in [-0.2, 0) is 4.79 Å². The molecule has 4 rings (SSSR count). The molecule has 3 aliphatic heterocycles. The highest BCUT2D eigenvalue weighted by Gasteiger charge is 2.55. The predicted molar refractivity (Wildman–Crippen MR) is 84.3 cm³/mol. The highest BCUT2D eigenvalue weighted by molar-refractivity contribution is 8.00. The summed E-state index contributed by atoms with van der Waals surface area (Å²) >= 11 is 1.84. The van der Waals surface area contributed by atoms with Crippen LogP contribution in [0, 0.1) is 11.8 Å². The normalized spacial score (nSPS) is 35.4. The fourth-order valence-corrected chi connectivity index (χ4v) is 5.61. The molecule has 1 amide bonds.